The first-order valence-corrected chi connectivity index (χ1v) is 5.19. The first-order chi connectivity index (χ1) is 7.27. The second-order valence-corrected chi connectivity index (χ2v) is 3.80. The number of nitro groups is 1. The van der Waals surface area contributed by atoms with Gasteiger partial charge in [-0.3, -0.25) is 10.1 Å². The Morgan fingerprint density at radius 1 is 1.20 bits per heavy atom. The van der Waals surface area contributed by atoms with E-state index in [9.17, 15) is 10.1 Å². The van der Waals surface area contributed by atoms with Crippen molar-refractivity contribution in [1.82, 2.24) is 0 Å². The fraction of sp³-hybridized carbons (Fsp3) is 0. The molecule has 1 aromatic heterocycles. The molecule has 0 atom stereocenters. The number of thiophene rings is 1. The van der Waals surface area contributed by atoms with Gasteiger partial charge in [0.05, 0.1) is 4.92 Å². The van der Waals surface area contributed by atoms with Crippen LogP contribution in [0.4, 0.5) is 16.4 Å². The third-order valence-electron chi connectivity index (χ3n) is 1.87. The maximum atomic E-state index is 10.6. The van der Waals surface area contributed by atoms with Gasteiger partial charge >= 0.3 is 5.69 Å². The molecule has 4 nitrogen and oxygen atoms in total. The molecule has 0 fully saturated rings. The molecule has 2 rings (SSSR count). The topological polar surface area (TPSA) is 55.2 Å². The highest BCUT2D eigenvalue weighted by atomic mass is 32.1. The van der Waals surface area contributed by atoms with Gasteiger partial charge in [-0.25, -0.2) is 0 Å². The second-order valence-electron chi connectivity index (χ2n) is 2.88. The van der Waals surface area contributed by atoms with Crippen LogP contribution in [-0.4, -0.2) is 4.92 Å². The summed E-state index contributed by atoms with van der Waals surface area (Å²) >= 11 is 1.32. The average Bonchev–Trinajstić information content (AvgIpc) is 2.67. The van der Waals surface area contributed by atoms with Gasteiger partial charge < -0.3 is 5.32 Å². The molecule has 0 saturated heterocycles. The van der Waals surface area contributed by atoms with Crippen LogP contribution in [0.1, 0.15) is 0 Å². The van der Waals surface area contributed by atoms with E-state index in [2.05, 4.69) is 5.32 Å². The predicted octanol–water partition coefficient (Wildman–Crippen LogP) is 3.40. The lowest BCUT2D eigenvalue weighted by atomic mass is 10.3. The maximum Gasteiger partial charge on any atom is 0.303 e. The SMILES string of the molecule is O=[N+]([O-])c1ccsc1Nc1ccccc1. The molecular weight excluding hydrogens is 212 g/mol. The van der Waals surface area contributed by atoms with E-state index in [1.807, 2.05) is 30.3 Å². The quantitative estimate of drug-likeness (QED) is 0.637. The Morgan fingerprint density at radius 2 is 1.93 bits per heavy atom. The first-order valence-electron chi connectivity index (χ1n) is 4.31. The van der Waals surface area contributed by atoms with Crippen molar-refractivity contribution in [1.29, 1.82) is 0 Å². The van der Waals surface area contributed by atoms with Crippen LogP contribution in [0.3, 0.4) is 0 Å². The molecule has 0 radical (unpaired) electrons. The minimum Gasteiger partial charge on any atom is -0.342 e. The van der Waals surface area contributed by atoms with Crippen LogP contribution in [0.2, 0.25) is 0 Å². The number of nitrogens with zero attached hydrogens (tertiary/aromatic N) is 1. The summed E-state index contributed by atoms with van der Waals surface area (Å²) in [5.41, 5.74) is 0.965. The van der Waals surface area contributed by atoms with Gasteiger partial charge in [0.1, 0.15) is 0 Å². The van der Waals surface area contributed by atoms with Crippen molar-refractivity contribution in [3.8, 4) is 0 Å². The molecule has 0 aliphatic heterocycles. The van der Waals surface area contributed by atoms with Crippen molar-refractivity contribution in [3.05, 3.63) is 51.9 Å². The standard InChI is InChI=1S/C10H8N2O2S/c13-12(14)9-6-7-15-10(9)11-8-4-2-1-3-5-8/h1-7,11H. The monoisotopic (exact) mass is 220 g/mol. The molecule has 0 aliphatic carbocycles. The molecule has 1 heterocycles. The van der Waals surface area contributed by atoms with Crippen molar-refractivity contribution in [2.24, 2.45) is 0 Å². The van der Waals surface area contributed by atoms with E-state index in [1.165, 1.54) is 17.4 Å². The Kier molecular flexibility index (Phi) is 2.64. The first kappa shape index (κ1) is 9.67. The molecule has 0 aliphatic rings. The summed E-state index contributed by atoms with van der Waals surface area (Å²) in [5.74, 6) is 0. The number of anilines is 2. The second kappa shape index (κ2) is 4.10. The Bertz CT molecular complexity index is 467. The summed E-state index contributed by atoms with van der Waals surface area (Å²) in [5, 5.41) is 15.9. The minimum atomic E-state index is -0.387. The molecule has 0 bridgehead atoms. The number of benzene rings is 1. The van der Waals surface area contributed by atoms with Gasteiger partial charge in [-0.15, -0.1) is 11.3 Å². The highest BCUT2D eigenvalue weighted by Gasteiger charge is 2.14. The molecule has 1 N–H and O–H groups in total. The number of para-hydroxylation sites is 1. The van der Waals surface area contributed by atoms with E-state index in [-0.39, 0.29) is 10.6 Å². The largest absolute Gasteiger partial charge is 0.342 e. The normalized spacial score (nSPS) is 9.87. The predicted molar refractivity (Wildman–Crippen MR) is 60.7 cm³/mol. The van der Waals surface area contributed by atoms with Gasteiger partial charge in [-0.1, -0.05) is 18.2 Å². The van der Waals surface area contributed by atoms with E-state index >= 15 is 0 Å². The fourth-order valence-corrected chi connectivity index (χ4v) is 1.97. The molecule has 2 aromatic rings. The zero-order valence-corrected chi connectivity index (χ0v) is 8.53. The lowest BCUT2D eigenvalue weighted by Crippen LogP contribution is -1.92. The number of rotatable bonds is 3. The van der Waals surface area contributed by atoms with Gasteiger partial charge in [0.2, 0.25) is 0 Å². The van der Waals surface area contributed by atoms with Crippen molar-refractivity contribution >= 4 is 27.7 Å². The Balaban J connectivity index is 2.25. The molecule has 76 valence electrons. The van der Waals surface area contributed by atoms with Gasteiger partial charge in [0, 0.05) is 11.8 Å². The van der Waals surface area contributed by atoms with Gasteiger partial charge in [-0.2, -0.15) is 0 Å². The number of hydrogen-bond donors (Lipinski definition) is 1. The van der Waals surface area contributed by atoms with Crippen LogP contribution in [-0.2, 0) is 0 Å². The molecule has 0 saturated carbocycles. The lowest BCUT2D eigenvalue weighted by Gasteiger charge is -2.01. The Hall–Kier alpha value is -1.88. The number of hydrogen-bond acceptors (Lipinski definition) is 4. The smallest absolute Gasteiger partial charge is 0.303 e. The molecule has 0 amide bonds. The number of nitrogens with one attached hydrogen (secondary N) is 1. The van der Waals surface area contributed by atoms with Crippen LogP contribution in [0.15, 0.2) is 41.8 Å². The Labute approximate surface area is 90.3 Å². The van der Waals surface area contributed by atoms with E-state index < -0.39 is 0 Å². The molecular formula is C10H8N2O2S. The summed E-state index contributed by atoms with van der Waals surface area (Å²) in [4.78, 5) is 10.3. The van der Waals surface area contributed by atoms with Crippen molar-refractivity contribution in [2.45, 2.75) is 0 Å². The third kappa shape index (κ3) is 2.13. The van der Waals surface area contributed by atoms with Crippen LogP contribution in [0.25, 0.3) is 0 Å². The van der Waals surface area contributed by atoms with E-state index in [0.717, 1.165) is 5.69 Å². The molecule has 5 heteroatoms. The third-order valence-corrected chi connectivity index (χ3v) is 2.69. The van der Waals surface area contributed by atoms with E-state index in [1.54, 1.807) is 5.38 Å². The van der Waals surface area contributed by atoms with Crippen LogP contribution < -0.4 is 5.32 Å². The molecule has 0 spiro atoms. The van der Waals surface area contributed by atoms with Crippen molar-refractivity contribution in [2.75, 3.05) is 5.32 Å². The van der Waals surface area contributed by atoms with Gasteiger partial charge in [0.25, 0.3) is 0 Å². The summed E-state index contributed by atoms with van der Waals surface area (Å²) in [6, 6.07) is 10.9. The van der Waals surface area contributed by atoms with Gasteiger partial charge in [0.15, 0.2) is 5.00 Å². The zero-order chi connectivity index (χ0) is 10.7. The van der Waals surface area contributed by atoms with E-state index in [0.29, 0.717) is 5.00 Å². The van der Waals surface area contributed by atoms with Crippen LogP contribution >= 0.6 is 11.3 Å². The highest BCUT2D eigenvalue weighted by molar-refractivity contribution is 7.14. The lowest BCUT2D eigenvalue weighted by molar-refractivity contribution is -0.383. The summed E-state index contributed by atoms with van der Waals surface area (Å²) < 4.78 is 0. The summed E-state index contributed by atoms with van der Waals surface area (Å²) in [7, 11) is 0. The fourth-order valence-electron chi connectivity index (χ4n) is 1.19. The van der Waals surface area contributed by atoms with E-state index in [4.69, 9.17) is 0 Å². The highest BCUT2D eigenvalue weighted by Crippen LogP contribution is 2.32. The van der Waals surface area contributed by atoms with Crippen molar-refractivity contribution < 1.29 is 4.92 Å². The minimum absolute atomic E-state index is 0.115. The summed E-state index contributed by atoms with van der Waals surface area (Å²) in [6.07, 6.45) is 0. The van der Waals surface area contributed by atoms with Crippen LogP contribution in [0, 0.1) is 10.1 Å². The average molecular weight is 220 g/mol. The maximum absolute atomic E-state index is 10.6. The molecule has 1 aromatic carbocycles. The van der Waals surface area contributed by atoms with Crippen molar-refractivity contribution in [3.63, 3.8) is 0 Å². The molecule has 0 unspecified atom stereocenters. The zero-order valence-electron chi connectivity index (χ0n) is 7.71. The molecule has 15 heavy (non-hydrogen) atoms. The van der Waals surface area contributed by atoms with Gasteiger partial charge in [-0.05, 0) is 17.5 Å². The summed E-state index contributed by atoms with van der Waals surface area (Å²) in [6.45, 7) is 0. The Morgan fingerprint density at radius 3 is 2.60 bits per heavy atom. The van der Waals surface area contributed by atoms with Crippen LogP contribution in [0.5, 0.6) is 0 Å².